The largest absolute Gasteiger partial charge is 0.352 e. The molecule has 0 saturated carbocycles. The first-order chi connectivity index (χ1) is 7.63. The van der Waals surface area contributed by atoms with Gasteiger partial charge in [-0.05, 0) is 6.42 Å². The minimum Gasteiger partial charge on any atom is -0.352 e. The highest BCUT2D eigenvalue weighted by atomic mass is 16.7. The first kappa shape index (κ1) is 12.6. The first-order valence-electron chi connectivity index (χ1n) is 4.96. The summed E-state index contributed by atoms with van der Waals surface area (Å²) in [5, 5.41) is 10.9. The molecule has 1 rings (SSSR count). The Morgan fingerprint density at radius 3 is 2.44 bits per heavy atom. The molecule has 0 aliphatic carbocycles. The summed E-state index contributed by atoms with van der Waals surface area (Å²) >= 11 is 0. The fourth-order valence-electron chi connectivity index (χ4n) is 1.56. The van der Waals surface area contributed by atoms with Gasteiger partial charge in [-0.25, -0.2) is 0 Å². The van der Waals surface area contributed by atoms with E-state index in [-0.39, 0.29) is 10.6 Å². The van der Waals surface area contributed by atoms with Crippen LogP contribution in [0.2, 0.25) is 0 Å². The number of methoxy groups -OCH3 is 2. The van der Waals surface area contributed by atoms with Crippen LogP contribution in [0.15, 0.2) is 18.2 Å². The minimum atomic E-state index is -0.565. The molecule has 88 valence electrons. The smallest absolute Gasteiger partial charge is 0.273 e. The molecule has 0 aliphatic heterocycles. The zero-order valence-corrected chi connectivity index (χ0v) is 9.60. The van der Waals surface area contributed by atoms with Crippen molar-refractivity contribution in [3.63, 3.8) is 0 Å². The molecule has 0 N–H and O–H groups in total. The maximum atomic E-state index is 10.9. The Morgan fingerprint density at radius 2 is 2.00 bits per heavy atom. The summed E-state index contributed by atoms with van der Waals surface area (Å²) in [6.45, 7) is 1.88. The van der Waals surface area contributed by atoms with Gasteiger partial charge in [0.1, 0.15) is 0 Å². The van der Waals surface area contributed by atoms with Crippen LogP contribution in [0.3, 0.4) is 0 Å². The Labute approximate surface area is 94.1 Å². The van der Waals surface area contributed by atoms with Crippen LogP contribution in [-0.4, -0.2) is 19.1 Å². The maximum Gasteiger partial charge on any atom is 0.273 e. The molecular weight excluding hydrogens is 210 g/mol. The fraction of sp³-hybridized carbons (Fsp3) is 0.455. The van der Waals surface area contributed by atoms with Crippen molar-refractivity contribution in [3.8, 4) is 0 Å². The first-order valence-corrected chi connectivity index (χ1v) is 4.96. The molecule has 0 amide bonds. The average Bonchev–Trinajstić information content (AvgIpc) is 2.30. The molecule has 5 heteroatoms. The van der Waals surface area contributed by atoms with Crippen LogP contribution < -0.4 is 0 Å². The second kappa shape index (κ2) is 5.58. The molecule has 0 spiro atoms. The Kier molecular flexibility index (Phi) is 4.39. The number of nitro groups is 1. The van der Waals surface area contributed by atoms with Crippen LogP contribution in [-0.2, 0) is 15.9 Å². The molecule has 1 aromatic rings. The third-order valence-electron chi connectivity index (χ3n) is 2.39. The molecule has 0 atom stereocenters. The molecule has 0 aliphatic rings. The molecule has 0 bridgehead atoms. The molecule has 0 unspecified atom stereocenters. The number of aryl methyl sites for hydroxylation is 1. The Morgan fingerprint density at radius 1 is 1.38 bits per heavy atom. The van der Waals surface area contributed by atoms with E-state index in [1.165, 1.54) is 20.3 Å². The van der Waals surface area contributed by atoms with E-state index in [0.717, 1.165) is 0 Å². The lowest BCUT2D eigenvalue weighted by molar-refractivity contribution is -0.385. The van der Waals surface area contributed by atoms with Crippen LogP contribution in [0.25, 0.3) is 0 Å². The maximum absolute atomic E-state index is 10.9. The monoisotopic (exact) mass is 225 g/mol. The summed E-state index contributed by atoms with van der Waals surface area (Å²) in [7, 11) is 2.99. The quantitative estimate of drug-likeness (QED) is 0.438. The van der Waals surface area contributed by atoms with E-state index in [1.807, 2.05) is 6.92 Å². The zero-order chi connectivity index (χ0) is 12.1. The van der Waals surface area contributed by atoms with Crippen LogP contribution >= 0.6 is 0 Å². The van der Waals surface area contributed by atoms with Crippen molar-refractivity contribution in [2.75, 3.05) is 14.2 Å². The zero-order valence-electron chi connectivity index (χ0n) is 9.60. The standard InChI is InChI=1S/C11H15NO4/c1-4-8-5-6-9(11(15-2)16-3)7-10(8)12(13)14/h5-7,11H,4H2,1-3H3. The molecule has 0 saturated heterocycles. The normalized spacial score (nSPS) is 10.8. The lowest BCUT2D eigenvalue weighted by Crippen LogP contribution is -2.05. The predicted octanol–water partition coefficient (Wildman–Crippen LogP) is 2.45. The Hall–Kier alpha value is -1.46. The van der Waals surface area contributed by atoms with Gasteiger partial charge in [-0.1, -0.05) is 19.1 Å². The second-order valence-electron chi connectivity index (χ2n) is 3.30. The van der Waals surface area contributed by atoms with E-state index in [0.29, 0.717) is 17.5 Å². The van der Waals surface area contributed by atoms with Crippen molar-refractivity contribution in [1.82, 2.24) is 0 Å². The molecule has 0 fully saturated rings. The van der Waals surface area contributed by atoms with Gasteiger partial charge < -0.3 is 9.47 Å². The van der Waals surface area contributed by atoms with Crippen molar-refractivity contribution < 1.29 is 14.4 Å². The van der Waals surface area contributed by atoms with Crippen molar-refractivity contribution in [2.45, 2.75) is 19.6 Å². The highest BCUT2D eigenvalue weighted by Gasteiger charge is 2.17. The summed E-state index contributed by atoms with van der Waals surface area (Å²) in [5.41, 5.74) is 1.47. The number of ether oxygens (including phenoxy) is 2. The highest BCUT2D eigenvalue weighted by molar-refractivity contribution is 5.43. The third-order valence-corrected chi connectivity index (χ3v) is 2.39. The number of benzene rings is 1. The van der Waals surface area contributed by atoms with Gasteiger partial charge in [-0.3, -0.25) is 10.1 Å². The molecule has 5 nitrogen and oxygen atoms in total. The van der Waals surface area contributed by atoms with E-state index in [9.17, 15) is 10.1 Å². The van der Waals surface area contributed by atoms with Crippen LogP contribution in [0.5, 0.6) is 0 Å². The van der Waals surface area contributed by atoms with Gasteiger partial charge in [-0.15, -0.1) is 0 Å². The van der Waals surface area contributed by atoms with Gasteiger partial charge in [-0.2, -0.15) is 0 Å². The fourth-order valence-corrected chi connectivity index (χ4v) is 1.56. The van der Waals surface area contributed by atoms with Crippen molar-refractivity contribution in [2.24, 2.45) is 0 Å². The van der Waals surface area contributed by atoms with Crippen molar-refractivity contribution >= 4 is 5.69 Å². The second-order valence-corrected chi connectivity index (χ2v) is 3.30. The SMILES string of the molecule is CCc1ccc(C(OC)OC)cc1[N+](=O)[O-]. The van der Waals surface area contributed by atoms with E-state index in [2.05, 4.69) is 0 Å². The van der Waals surface area contributed by atoms with Crippen LogP contribution in [0, 0.1) is 10.1 Å². The topological polar surface area (TPSA) is 61.6 Å². The van der Waals surface area contributed by atoms with Crippen molar-refractivity contribution in [1.29, 1.82) is 0 Å². The summed E-state index contributed by atoms with van der Waals surface area (Å²) in [4.78, 5) is 10.5. The lowest BCUT2D eigenvalue weighted by Gasteiger charge is -2.13. The number of hydrogen-bond acceptors (Lipinski definition) is 4. The molecule has 0 heterocycles. The summed E-state index contributed by atoms with van der Waals surface area (Å²) in [5.74, 6) is 0. The minimum absolute atomic E-state index is 0.110. The van der Waals surface area contributed by atoms with Crippen LogP contribution in [0.4, 0.5) is 5.69 Å². The van der Waals surface area contributed by atoms with E-state index in [4.69, 9.17) is 9.47 Å². The highest BCUT2D eigenvalue weighted by Crippen LogP contribution is 2.26. The Balaban J connectivity index is 3.15. The van der Waals surface area contributed by atoms with Gasteiger partial charge >= 0.3 is 0 Å². The van der Waals surface area contributed by atoms with Gasteiger partial charge in [0.25, 0.3) is 5.69 Å². The molecule has 0 radical (unpaired) electrons. The van der Waals surface area contributed by atoms with E-state index >= 15 is 0 Å². The molecule has 16 heavy (non-hydrogen) atoms. The number of hydrogen-bond donors (Lipinski definition) is 0. The van der Waals surface area contributed by atoms with Gasteiger partial charge in [0.05, 0.1) is 4.92 Å². The van der Waals surface area contributed by atoms with E-state index < -0.39 is 6.29 Å². The summed E-state index contributed by atoms with van der Waals surface area (Å²) in [6, 6.07) is 5.01. The molecular formula is C11H15NO4. The van der Waals surface area contributed by atoms with Gasteiger partial charge in [0.15, 0.2) is 6.29 Å². The predicted molar refractivity (Wildman–Crippen MR) is 59.2 cm³/mol. The van der Waals surface area contributed by atoms with E-state index in [1.54, 1.807) is 12.1 Å². The average molecular weight is 225 g/mol. The van der Waals surface area contributed by atoms with Crippen LogP contribution in [0.1, 0.15) is 24.3 Å². The number of nitro benzene ring substituents is 1. The van der Waals surface area contributed by atoms with Gasteiger partial charge in [0.2, 0.25) is 0 Å². The molecule has 0 aromatic heterocycles. The van der Waals surface area contributed by atoms with Gasteiger partial charge in [0, 0.05) is 31.4 Å². The summed E-state index contributed by atoms with van der Waals surface area (Å²) in [6.07, 6.45) is 0.0610. The lowest BCUT2D eigenvalue weighted by atomic mass is 10.1. The number of rotatable bonds is 5. The summed E-state index contributed by atoms with van der Waals surface area (Å²) < 4.78 is 10.1. The molecule has 1 aromatic carbocycles. The number of nitrogens with zero attached hydrogens (tertiary/aromatic N) is 1. The Bertz CT molecular complexity index is 374. The van der Waals surface area contributed by atoms with Crippen molar-refractivity contribution in [3.05, 3.63) is 39.4 Å². The third kappa shape index (κ3) is 2.56.